The lowest BCUT2D eigenvalue weighted by Gasteiger charge is -2.09. The second kappa shape index (κ2) is 8.04. The van der Waals surface area contributed by atoms with Crippen LogP contribution in [0.1, 0.15) is 28.2 Å². The highest BCUT2D eigenvalue weighted by Gasteiger charge is 2.22. The number of nitrogens with one attached hydrogen (secondary N) is 1. The summed E-state index contributed by atoms with van der Waals surface area (Å²) in [6.07, 6.45) is 0.797. The quantitative estimate of drug-likeness (QED) is 0.684. The van der Waals surface area contributed by atoms with Crippen LogP contribution in [0.4, 0.5) is 4.39 Å². The van der Waals surface area contributed by atoms with Crippen LogP contribution in [0.25, 0.3) is 11.3 Å². The Hall–Kier alpha value is -3.20. The number of aromatic nitrogens is 3. The molecule has 1 aliphatic rings. The van der Waals surface area contributed by atoms with Gasteiger partial charge in [0.25, 0.3) is 5.91 Å². The number of benzene rings is 1. The zero-order chi connectivity index (χ0) is 20.4. The molecular formula is C20H21FN4O4. The van der Waals surface area contributed by atoms with Crippen LogP contribution < -0.4 is 10.1 Å². The predicted molar refractivity (Wildman–Crippen MR) is 101 cm³/mol. The molecule has 8 nitrogen and oxygen atoms in total. The second-order valence-electron chi connectivity index (χ2n) is 6.89. The van der Waals surface area contributed by atoms with Crippen molar-refractivity contribution in [1.82, 2.24) is 20.3 Å². The van der Waals surface area contributed by atoms with Crippen LogP contribution >= 0.6 is 0 Å². The lowest BCUT2D eigenvalue weighted by Crippen LogP contribution is -2.36. The summed E-state index contributed by atoms with van der Waals surface area (Å²) in [4.78, 5) is 12.4. The van der Waals surface area contributed by atoms with Crippen molar-refractivity contribution >= 4 is 5.91 Å². The number of carbonyl (C=O) groups is 1. The molecule has 0 radical (unpaired) electrons. The third kappa shape index (κ3) is 4.14. The van der Waals surface area contributed by atoms with Gasteiger partial charge in [-0.25, -0.2) is 4.39 Å². The molecule has 1 fully saturated rings. The maximum absolute atomic E-state index is 13.2. The molecule has 1 aliphatic heterocycles. The van der Waals surface area contributed by atoms with Crippen molar-refractivity contribution in [3.8, 4) is 17.1 Å². The monoisotopic (exact) mass is 400 g/mol. The van der Waals surface area contributed by atoms with Crippen molar-refractivity contribution < 1.29 is 23.2 Å². The third-order valence-electron chi connectivity index (χ3n) is 4.82. The molecule has 1 amide bonds. The van der Waals surface area contributed by atoms with Gasteiger partial charge in [-0.3, -0.25) is 9.48 Å². The first-order chi connectivity index (χ1) is 14.0. The zero-order valence-electron chi connectivity index (χ0n) is 16.1. The predicted octanol–water partition coefficient (Wildman–Crippen LogP) is 2.62. The molecule has 3 heterocycles. The maximum Gasteiger partial charge on any atom is 0.269 e. The normalized spacial score (nSPS) is 16.2. The van der Waals surface area contributed by atoms with Crippen LogP contribution in [0.5, 0.6) is 5.88 Å². The third-order valence-corrected chi connectivity index (χ3v) is 4.82. The second-order valence-corrected chi connectivity index (χ2v) is 6.89. The number of nitrogens with zero attached hydrogens (tertiary/aromatic N) is 3. The lowest BCUT2D eigenvalue weighted by atomic mass is 10.1. The molecule has 0 bridgehead atoms. The molecule has 9 heteroatoms. The Kier molecular flexibility index (Phi) is 5.30. The summed E-state index contributed by atoms with van der Waals surface area (Å²) in [6, 6.07) is 7.59. The highest BCUT2D eigenvalue weighted by Crippen LogP contribution is 2.26. The van der Waals surface area contributed by atoms with Crippen molar-refractivity contribution in [2.24, 2.45) is 7.05 Å². The topological polar surface area (TPSA) is 91.4 Å². The minimum absolute atomic E-state index is 0.0136. The fraction of sp³-hybridized carbons (Fsp3) is 0.350. The Morgan fingerprint density at radius 1 is 1.38 bits per heavy atom. The number of amides is 1. The molecule has 1 saturated heterocycles. The van der Waals surface area contributed by atoms with E-state index >= 15 is 0 Å². The molecule has 29 heavy (non-hydrogen) atoms. The van der Waals surface area contributed by atoms with Crippen LogP contribution in [0.2, 0.25) is 0 Å². The number of ether oxygens (including phenoxy) is 2. The van der Waals surface area contributed by atoms with E-state index in [2.05, 4.69) is 15.6 Å². The summed E-state index contributed by atoms with van der Waals surface area (Å²) in [5, 5.41) is 11.2. The van der Waals surface area contributed by atoms with Gasteiger partial charge in [-0.1, -0.05) is 5.16 Å². The fourth-order valence-electron chi connectivity index (χ4n) is 3.17. The van der Waals surface area contributed by atoms with Crippen molar-refractivity contribution in [3.05, 3.63) is 53.2 Å². The van der Waals surface area contributed by atoms with E-state index in [-0.39, 0.29) is 24.4 Å². The highest BCUT2D eigenvalue weighted by molar-refractivity contribution is 5.93. The summed E-state index contributed by atoms with van der Waals surface area (Å²) in [5.41, 5.74) is 2.43. The van der Waals surface area contributed by atoms with Gasteiger partial charge in [-0.05, 0) is 37.6 Å². The van der Waals surface area contributed by atoms with Crippen LogP contribution in [0, 0.1) is 12.7 Å². The van der Waals surface area contributed by atoms with Gasteiger partial charge in [0.05, 0.1) is 18.2 Å². The van der Waals surface area contributed by atoms with E-state index in [0.29, 0.717) is 36.2 Å². The SMILES string of the molecule is Cc1onc(-c2ccc(F)cc2)c1COc1cc(C(=O)NC2CCOC2)n(C)n1. The summed E-state index contributed by atoms with van der Waals surface area (Å²) < 4.78 is 31.0. The molecule has 0 spiro atoms. The van der Waals surface area contributed by atoms with Gasteiger partial charge in [0, 0.05) is 25.3 Å². The van der Waals surface area contributed by atoms with Crippen LogP contribution in [-0.4, -0.2) is 40.1 Å². The zero-order valence-corrected chi connectivity index (χ0v) is 16.1. The number of hydrogen-bond acceptors (Lipinski definition) is 6. The molecule has 0 saturated carbocycles. The van der Waals surface area contributed by atoms with Gasteiger partial charge >= 0.3 is 0 Å². The smallest absolute Gasteiger partial charge is 0.269 e. The number of aryl methyl sites for hydroxylation is 2. The first-order valence-electron chi connectivity index (χ1n) is 9.28. The average Bonchev–Trinajstić information content (AvgIpc) is 3.42. The van der Waals surface area contributed by atoms with E-state index in [0.717, 1.165) is 17.5 Å². The molecule has 152 valence electrons. The van der Waals surface area contributed by atoms with E-state index in [1.54, 1.807) is 32.2 Å². The molecule has 0 aliphatic carbocycles. The van der Waals surface area contributed by atoms with Crippen LogP contribution in [0.3, 0.4) is 0 Å². The fourth-order valence-corrected chi connectivity index (χ4v) is 3.17. The molecule has 2 aromatic heterocycles. The lowest BCUT2D eigenvalue weighted by molar-refractivity contribution is 0.0920. The summed E-state index contributed by atoms with van der Waals surface area (Å²) in [6.45, 7) is 3.10. The van der Waals surface area contributed by atoms with Gasteiger partial charge in [-0.2, -0.15) is 0 Å². The first-order valence-corrected chi connectivity index (χ1v) is 9.28. The van der Waals surface area contributed by atoms with Crippen molar-refractivity contribution in [3.63, 3.8) is 0 Å². The standard InChI is InChI=1S/C20H21FN4O4/c1-12-16(19(24-29-12)13-3-5-14(21)6-4-13)11-28-18-9-17(25(2)23-18)20(26)22-15-7-8-27-10-15/h3-6,9,15H,7-8,10-11H2,1-2H3,(H,22,26). The summed E-state index contributed by atoms with van der Waals surface area (Å²) in [5.74, 6) is 0.360. The Bertz CT molecular complexity index is 1010. The highest BCUT2D eigenvalue weighted by atomic mass is 19.1. The number of carbonyl (C=O) groups excluding carboxylic acids is 1. The molecular weight excluding hydrogens is 379 g/mol. The van der Waals surface area contributed by atoms with E-state index in [1.807, 2.05) is 0 Å². The van der Waals surface area contributed by atoms with Crippen molar-refractivity contribution in [2.75, 3.05) is 13.2 Å². The van der Waals surface area contributed by atoms with Crippen LogP contribution in [0.15, 0.2) is 34.9 Å². The summed E-state index contributed by atoms with van der Waals surface area (Å²) in [7, 11) is 1.68. The average molecular weight is 400 g/mol. The van der Waals surface area contributed by atoms with E-state index < -0.39 is 0 Å². The minimum Gasteiger partial charge on any atom is -0.471 e. The van der Waals surface area contributed by atoms with Crippen LogP contribution in [-0.2, 0) is 18.4 Å². The van der Waals surface area contributed by atoms with E-state index in [9.17, 15) is 9.18 Å². The largest absolute Gasteiger partial charge is 0.471 e. The molecule has 1 aromatic carbocycles. The van der Waals surface area contributed by atoms with E-state index in [1.165, 1.54) is 16.8 Å². The Morgan fingerprint density at radius 2 is 2.17 bits per heavy atom. The van der Waals surface area contributed by atoms with Gasteiger partial charge in [0.1, 0.15) is 29.6 Å². The first kappa shape index (κ1) is 19.1. The maximum atomic E-state index is 13.2. The van der Waals surface area contributed by atoms with Gasteiger partial charge in [0.2, 0.25) is 5.88 Å². The van der Waals surface area contributed by atoms with Gasteiger partial charge < -0.3 is 19.3 Å². The molecule has 1 N–H and O–H groups in total. The molecule has 4 rings (SSSR count). The number of rotatable bonds is 6. The Morgan fingerprint density at radius 3 is 2.90 bits per heavy atom. The summed E-state index contributed by atoms with van der Waals surface area (Å²) >= 11 is 0. The van der Waals surface area contributed by atoms with Crippen molar-refractivity contribution in [1.29, 1.82) is 0 Å². The Balaban J connectivity index is 1.46. The number of halogens is 1. The molecule has 3 aromatic rings. The number of hydrogen-bond donors (Lipinski definition) is 1. The molecule has 1 atom stereocenters. The van der Waals surface area contributed by atoms with E-state index in [4.69, 9.17) is 14.0 Å². The van der Waals surface area contributed by atoms with Gasteiger partial charge in [0.15, 0.2) is 0 Å². The van der Waals surface area contributed by atoms with Gasteiger partial charge in [-0.15, -0.1) is 5.10 Å². The molecule has 1 unspecified atom stereocenters. The minimum atomic E-state index is -0.324. The Labute approximate surface area is 166 Å². The van der Waals surface area contributed by atoms with Crippen molar-refractivity contribution in [2.45, 2.75) is 26.0 Å².